The highest BCUT2D eigenvalue weighted by atomic mass is 79.9. The second-order valence-corrected chi connectivity index (χ2v) is 11.1. The summed E-state index contributed by atoms with van der Waals surface area (Å²) < 4.78 is 6.13. The molecule has 0 aromatic heterocycles. The lowest BCUT2D eigenvalue weighted by atomic mass is 9.73. The van der Waals surface area contributed by atoms with Crippen molar-refractivity contribution in [3.63, 3.8) is 0 Å². The van der Waals surface area contributed by atoms with Crippen LogP contribution in [-0.4, -0.2) is 30.3 Å². The Labute approximate surface area is 235 Å². The van der Waals surface area contributed by atoms with Gasteiger partial charge >= 0.3 is 5.97 Å². The van der Waals surface area contributed by atoms with E-state index >= 15 is 0 Å². The van der Waals surface area contributed by atoms with Gasteiger partial charge in [0, 0.05) is 10.2 Å². The van der Waals surface area contributed by atoms with Crippen LogP contribution in [0.25, 0.3) is 0 Å². The van der Waals surface area contributed by atoms with Crippen LogP contribution in [-0.2, 0) is 19.1 Å². The third kappa shape index (κ3) is 5.52. The van der Waals surface area contributed by atoms with Gasteiger partial charge in [-0.05, 0) is 92.1 Å². The largest absolute Gasteiger partial charge is 0.452 e. The minimum Gasteiger partial charge on any atom is -0.452 e. The molecule has 1 N–H and O–H groups in total. The van der Waals surface area contributed by atoms with Gasteiger partial charge in [-0.15, -0.1) is 0 Å². The topological polar surface area (TPSA) is 92.8 Å². The molecular formula is C31H29BrN2O5. The zero-order valence-corrected chi connectivity index (χ0v) is 23.4. The number of hydrogen-bond donors (Lipinski definition) is 1. The van der Waals surface area contributed by atoms with E-state index in [1.807, 2.05) is 44.2 Å². The highest BCUT2D eigenvalue weighted by Crippen LogP contribution is 2.45. The van der Waals surface area contributed by atoms with Crippen LogP contribution in [0.2, 0.25) is 0 Å². The number of nitrogens with zero attached hydrogens (tertiary/aromatic N) is 1. The van der Waals surface area contributed by atoms with Gasteiger partial charge in [-0.2, -0.15) is 0 Å². The van der Waals surface area contributed by atoms with Crippen molar-refractivity contribution in [2.75, 3.05) is 16.8 Å². The molecule has 7 nitrogen and oxygen atoms in total. The SMILES string of the molecule is Cc1cc(NC(=O)COC(=O)c2ccc(N3C(=O)[C@@H]4CC[C@@H](c5ccccc5)C[C@H]4C3=O)cc2)c(C)cc1Br. The number of hydrogen-bond acceptors (Lipinski definition) is 5. The number of nitrogens with one attached hydrogen (secondary N) is 1. The lowest BCUT2D eigenvalue weighted by Crippen LogP contribution is -2.30. The Morgan fingerprint density at radius 1 is 0.923 bits per heavy atom. The maximum absolute atomic E-state index is 13.3. The minimum absolute atomic E-state index is 0.179. The molecule has 1 aliphatic carbocycles. The fourth-order valence-corrected chi connectivity index (χ4v) is 5.98. The van der Waals surface area contributed by atoms with Crippen LogP contribution < -0.4 is 10.2 Å². The summed E-state index contributed by atoms with van der Waals surface area (Å²) in [7, 11) is 0. The zero-order chi connectivity index (χ0) is 27.7. The number of rotatable bonds is 6. The lowest BCUT2D eigenvalue weighted by Gasteiger charge is -2.28. The summed E-state index contributed by atoms with van der Waals surface area (Å²) in [6.45, 7) is 3.35. The summed E-state index contributed by atoms with van der Waals surface area (Å²) in [6.07, 6.45) is 2.20. The Bertz CT molecular complexity index is 1440. The normalized spacial score (nSPS) is 20.5. The highest BCUT2D eigenvalue weighted by molar-refractivity contribution is 9.10. The van der Waals surface area contributed by atoms with Crippen LogP contribution >= 0.6 is 15.9 Å². The number of carbonyl (C=O) groups is 4. The van der Waals surface area contributed by atoms with Crippen LogP contribution in [0.15, 0.2) is 71.2 Å². The van der Waals surface area contributed by atoms with Crippen molar-refractivity contribution in [3.05, 3.63) is 93.5 Å². The molecule has 1 saturated heterocycles. The Balaban J connectivity index is 1.20. The summed E-state index contributed by atoms with van der Waals surface area (Å²) in [4.78, 5) is 52.6. The summed E-state index contributed by atoms with van der Waals surface area (Å²) in [5, 5.41) is 2.76. The molecule has 200 valence electrons. The van der Waals surface area contributed by atoms with Gasteiger partial charge in [0.2, 0.25) is 11.8 Å². The summed E-state index contributed by atoms with van der Waals surface area (Å²) in [5.41, 5.74) is 4.36. The maximum Gasteiger partial charge on any atom is 0.338 e. The molecule has 39 heavy (non-hydrogen) atoms. The Morgan fingerprint density at radius 3 is 2.33 bits per heavy atom. The molecule has 0 bridgehead atoms. The van der Waals surface area contributed by atoms with E-state index in [2.05, 4.69) is 33.4 Å². The summed E-state index contributed by atoms with van der Waals surface area (Å²) in [6, 6.07) is 20.0. The number of carbonyl (C=O) groups excluding carboxylic acids is 4. The molecule has 0 radical (unpaired) electrons. The molecule has 5 rings (SSSR count). The van der Waals surface area contributed by atoms with Gasteiger partial charge in [0.1, 0.15) is 0 Å². The van der Waals surface area contributed by atoms with E-state index < -0.39 is 18.5 Å². The number of benzene rings is 3. The van der Waals surface area contributed by atoms with Crippen LogP contribution in [0, 0.1) is 25.7 Å². The molecule has 2 aliphatic rings. The van der Waals surface area contributed by atoms with Gasteiger partial charge in [0.25, 0.3) is 5.91 Å². The standard InChI is InChI=1S/C31H29BrN2O5/c1-18-15-27(19(2)14-26(18)32)33-28(35)17-39-31(38)21-8-11-23(12-9-21)34-29(36)24-13-10-22(16-25(24)30(34)37)20-6-4-3-5-7-20/h3-9,11-12,14-15,22,24-25H,10,13,16-17H2,1-2H3,(H,33,35)/t22-,24-,25-/m1/s1. The molecule has 3 atom stereocenters. The van der Waals surface area contributed by atoms with Gasteiger partial charge in [0.05, 0.1) is 23.1 Å². The van der Waals surface area contributed by atoms with Crippen molar-refractivity contribution < 1.29 is 23.9 Å². The van der Waals surface area contributed by atoms with E-state index in [9.17, 15) is 19.2 Å². The monoisotopic (exact) mass is 588 g/mol. The number of fused-ring (bicyclic) bond motifs is 1. The summed E-state index contributed by atoms with van der Waals surface area (Å²) in [5.74, 6) is -1.86. The molecule has 3 amide bonds. The maximum atomic E-state index is 13.3. The predicted octanol–water partition coefficient (Wildman–Crippen LogP) is 5.93. The molecule has 0 unspecified atom stereocenters. The Hall–Kier alpha value is -3.78. The first-order valence-electron chi connectivity index (χ1n) is 13.0. The third-order valence-corrected chi connectivity index (χ3v) is 8.53. The van der Waals surface area contributed by atoms with Crippen LogP contribution in [0.4, 0.5) is 11.4 Å². The molecule has 8 heteroatoms. The van der Waals surface area contributed by atoms with E-state index in [1.54, 1.807) is 12.1 Å². The Kier molecular flexibility index (Phi) is 7.66. The molecule has 1 heterocycles. The van der Waals surface area contributed by atoms with Gasteiger partial charge in [-0.25, -0.2) is 4.79 Å². The van der Waals surface area contributed by atoms with Crippen molar-refractivity contribution in [1.29, 1.82) is 0 Å². The lowest BCUT2D eigenvalue weighted by molar-refractivity contribution is -0.122. The quantitative estimate of drug-likeness (QED) is 0.284. The van der Waals surface area contributed by atoms with Crippen molar-refractivity contribution in [2.24, 2.45) is 11.8 Å². The van der Waals surface area contributed by atoms with E-state index in [0.717, 1.165) is 22.0 Å². The smallest absolute Gasteiger partial charge is 0.338 e. The number of amides is 3. The first-order chi connectivity index (χ1) is 18.7. The van der Waals surface area contributed by atoms with Crippen molar-refractivity contribution in [1.82, 2.24) is 0 Å². The van der Waals surface area contributed by atoms with E-state index in [0.29, 0.717) is 24.2 Å². The number of imide groups is 1. The number of esters is 1. The molecule has 3 aromatic carbocycles. The fraction of sp³-hybridized carbons (Fsp3) is 0.290. The number of halogens is 1. The van der Waals surface area contributed by atoms with Crippen LogP contribution in [0.1, 0.15) is 52.2 Å². The van der Waals surface area contributed by atoms with Crippen LogP contribution in [0.5, 0.6) is 0 Å². The summed E-state index contributed by atoms with van der Waals surface area (Å²) >= 11 is 3.46. The molecule has 1 aliphatic heterocycles. The molecule has 3 aromatic rings. The number of ether oxygens (including phenoxy) is 1. The predicted molar refractivity (Wildman–Crippen MR) is 151 cm³/mol. The zero-order valence-electron chi connectivity index (χ0n) is 21.8. The minimum atomic E-state index is -0.668. The highest BCUT2D eigenvalue weighted by Gasteiger charge is 2.50. The first-order valence-corrected chi connectivity index (χ1v) is 13.8. The second kappa shape index (κ2) is 11.1. The Morgan fingerprint density at radius 2 is 1.62 bits per heavy atom. The van der Waals surface area contributed by atoms with Crippen molar-refractivity contribution in [3.8, 4) is 0 Å². The van der Waals surface area contributed by atoms with Crippen molar-refractivity contribution in [2.45, 2.75) is 39.0 Å². The fourth-order valence-electron chi connectivity index (χ4n) is 5.52. The van der Waals surface area contributed by atoms with Gasteiger partial charge < -0.3 is 10.1 Å². The average molecular weight is 589 g/mol. The second-order valence-electron chi connectivity index (χ2n) is 10.2. The number of aryl methyl sites for hydroxylation is 2. The van der Waals surface area contributed by atoms with E-state index in [4.69, 9.17) is 4.74 Å². The van der Waals surface area contributed by atoms with Gasteiger partial charge in [-0.3, -0.25) is 19.3 Å². The molecule has 1 saturated carbocycles. The van der Waals surface area contributed by atoms with E-state index in [-0.39, 0.29) is 35.1 Å². The third-order valence-electron chi connectivity index (χ3n) is 7.67. The molecule has 0 spiro atoms. The average Bonchev–Trinajstić information content (AvgIpc) is 3.19. The van der Waals surface area contributed by atoms with Gasteiger partial charge in [0.15, 0.2) is 6.61 Å². The number of anilines is 2. The van der Waals surface area contributed by atoms with Gasteiger partial charge in [-0.1, -0.05) is 46.3 Å². The molecule has 2 fully saturated rings. The molecular weight excluding hydrogens is 560 g/mol. The van der Waals surface area contributed by atoms with Crippen molar-refractivity contribution >= 4 is 51.0 Å². The van der Waals surface area contributed by atoms with E-state index in [1.165, 1.54) is 22.6 Å². The first kappa shape index (κ1) is 26.8. The van der Waals surface area contributed by atoms with Crippen LogP contribution in [0.3, 0.4) is 0 Å².